The molecule has 1 N–H and O–H groups in total. The summed E-state index contributed by atoms with van der Waals surface area (Å²) >= 11 is 0. The van der Waals surface area contributed by atoms with E-state index in [2.05, 4.69) is 5.32 Å². The summed E-state index contributed by atoms with van der Waals surface area (Å²) in [5.41, 5.74) is 3.16. The van der Waals surface area contributed by atoms with Gasteiger partial charge in [-0.05, 0) is 37.5 Å². The summed E-state index contributed by atoms with van der Waals surface area (Å²) in [6.45, 7) is 5.70. The molecule has 1 aromatic carbocycles. The van der Waals surface area contributed by atoms with Crippen LogP contribution in [0.5, 0.6) is 0 Å². The number of methoxy groups -OCH3 is 1. The Kier molecular flexibility index (Phi) is 5.55. The number of ether oxygens (including phenoxy) is 1. The molecule has 5 heteroatoms. The maximum absolute atomic E-state index is 12.3. The molecule has 1 aromatic rings. The smallest absolute Gasteiger partial charge is 0.227 e. The number of amides is 2. The number of carbonyl (C=O) groups excluding carboxylic acids is 2. The van der Waals surface area contributed by atoms with Gasteiger partial charge in [0.25, 0.3) is 0 Å². The Labute approximate surface area is 131 Å². The molecule has 1 heterocycles. The number of aryl methyl sites for hydroxylation is 1. The van der Waals surface area contributed by atoms with Crippen molar-refractivity contribution >= 4 is 17.5 Å². The van der Waals surface area contributed by atoms with E-state index in [1.165, 1.54) is 0 Å². The third-order valence-electron chi connectivity index (χ3n) is 4.19. The molecule has 1 saturated heterocycles. The summed E-state index contributed by atoms with van der Waals surface area (Å²) < 4.78 is 4.95. The predicted octanol–water partition coefficient (Wildman–Crippen LogP) is 1.81. The molecule has 0 bridgehead atoms. The van der Waals surface area contributed by atoms with Crippen LogP contribution in [-0.2, 0) is 14.3 Å². The number of hydrogen-bond acceptors (Lipinski definition) is 3. The van der Waals surface area contributed by atoms with Gasteiger partial charge in [-0.1, -0.05) is 12.1 Å². The molecule has 1 fully saturated rings. The monoisotopic (exact) mass is 304 g/mol. The number of hydrogen-bond donors (Lipinski definition) is 1. The van der Waals surface area contributed by atoms with E-state index in [-0.39, 0.29) is 24.2 Å². The zero-order valence-electron chi connectivity index (χ0n) is 13.5. The number of nitrogens with one attached hydrogen (secondary N) is 1. The minimum Gasteiger partial charge on any atom is -0.385 e. The third kappa shape index (κ3) is 3.65. The Morgan fingerprint density at radius 3 is 2.91 bits per heavy atom. The van der Waals surface area contributed by atoms with Crippen molar-refractivity contribution in [2.75, 3.05) is 31.7 Å². The first-order chi connectivity index (χ1) is 10.5. The van der Waals surface area contributed by atoms with E-state index >= 15 is 0 Å². The van der Waals surface area contributed by atoms with E-state index < -0.39 is 0 Å². The Morgan fingerprint density at radius 1 is 1.41 bits per heavy atom. The van der Waals surface area contributed by atoms with Crippen molar-refractivity contribution in [1.29, 1.82) is 0 Å². The number of benzene rings is 1. The molecule has 0 radical (unpaired) electrons. The van der Waals surface area contributed by atoms with E-state index in [1.54, 1.807) is 12.0 Å². The Bertz CT molecular complexity index is 557. The van der Waals surface area contributed by atoms with Crippen LogP contribution in [0.15, 0.2) is 18.2 Å². The lowest BCUT2D eigenvalue weighted by Gasteiger charge is -2.20. The van der Waals surface area contributed by atoms with Crippen molar-refractivity contribution in [3.63, 3.8) is 0 Å². The number of rotatable bonds is 6. The highest BCUT2D eigenvalue weighted by atomic mass is 16.5. The van der Waals surface area contributed by atoms with E-state index in [1.807, 2.05) is 32.0 Å². The number of carbonyl (C=O) groups is 2. The van der Waals surface area contributed by atoms with Crippen molar-refractivity contribution in [2.24, 2.45) is 5.92 Å². The normalized spacial score (nSPS) is 17.9. The summed E-state index contributed by atoms with van der Waals surface area (Å²) in [5.74, 6) is -0.294. The topological polar surface area (TPSA) is 58.6 Å². The molecule has 0 spiro atoms. The lowest BCUT2D eigenvalue weighted by Crippen LogP contribution is -2.34. The fraction of sp³-hybridized carbons (Fsp3) is 0.529. The van der Waals surface area contributed by atoms with Crippen LogP contribution in [0.1, 0.15) is 24.0 Å². The summed E-state index contributed by atoms with van der Waals surface area (Å²) in [6, 6.07) is 5.92. The molecule has 22 heavy (non-hydrogen) atoms. The quantitative estimate of drug-likeness (QED) is 0.815. The lowest BCUT2D eigenvalue weighted by atomic mass is 10.1. The SMILES string of the molecule is COCCCNC(=O)[C@@H]1CC(=O)N(c2cccc(C)c2C)C1. The molecule has 0 saturated carbocycles. The van der Waals surface area contributed by atoms with Crippen molar-refractivity contribution in [2.45, 2.75) is 26.7 Å². The van der Waals surface area contributed by atoms with Gasteiger partial charge in [-0.2, -0.15) is 0 Å². The van der Waals surface area contributed by atoms with Gasteiger partial charge < -0.3 is 15.0 Å². The summed E-state index contributed by atoms with van der Waals surface area (Å²) in [5, 5.41) is 2.88. The van der Waals surface area contributed by atoms with Crippen LogP contribution in [0.2, 0.25) is 0 Å². The lowest BCUT2D eigenvalue weighted by molar-refractivity contribution is -0.126. The van der Waals surface area contributed by atoms with E-state index in [0.717, 1.165) is 23.2 Å². The summed E-state index contributed by atoms with van der Waals surface area (Å²) in [6.07, 6.45) is 1.06. The van der Waals surface area contributed by atoms with Gasteiger partial charge in [0.15, 0.2) is 0 Å². The van der Waals surface area contributed by atoms with E-state index in [0.29, 0.717) is 19.7 Å². The van der Waals surface area contributed by atoms with Gasteiger partial charge in [0.05, 0.1) is 5.92 Å². The molecule has 5 nitrogen and oxygen atoms in total. The largest absolute Gasteiger partial charge is 0.385 e. The van der Waals surface area contributed by atoms with Crippen molar-refractivity contribution < 1.29 is 14.3 Å². The minimum atomic E-state index is -0.269. The Morgan fingerprint density at radius 2 is 2.18 bits per heavy atom. The third-order valence-corrected chi connectivity index (χ3v) is 4.19. The minimum absolute atomic E-state index is 0.0192. The van der Waals surface area contributed by atoms with E-state index in [9.17, 15) is 9.59 Å². The molecular weight excluding hydrogens is 280 g/mol. The number of anilines is 1. The molecular formula is C17H24N2O3. The molecule has 2 rings (SSSR count). The second kappa shape index (κ2) is 7.40. The number of nitrogens with zero attached hydrogens (tertiary/aromatic N) is 1. The maximum Gasteiger partial charge on any atom is 0.227 e. The van der Waals surface area contributed by atoms with Crippen LogP contribution in [0.4, 0.5) is 5.69 Å². The summed E-state index contributed by atoms with van der Waals surface area (Å²) in [7, 11) is 1.64. The van der Waals surface area contributed by atoms with Crippen LogP contribution < -0.4 is 10.2 Å². The molecule has 2 amide bonds. The van der Waals surface area contributed by atoms with Gasteiger partial charge in [0.1, 0.15) is 0 Å². The zero-order chi connectivity index (χ0) is 16.1. The molecule has 0 aromatic heterocycles. The van der Waals surface area contributed by atoms with Gasteiger partial charge >= 0.3 is 0 Å². The van der Waals surface area contributed by atoms with Crippen LogP contribution in [0.3, 0.4) is 0 Å². The van der Waals surface area contributed by atoms with E-state index in [4.69, 9.17) is 4.74 Å². The zero-order valence-corrected chi connectivity index (χ0v) is 13.5. The first kappa shape index (κ1) is 16.5. The second-order valence-corrected chi connectivity index (χ2v) is 5.76. The van der Waals surface area contributed by atoms with Crippen LogP contribution in [0, 0.1) is 19.8 Å². The highest BCUT2D eigenvalue weighted by molar-refractivity contribution is 6.00. The van der Waals surface area contributed by atoms with Gasteiger partial charge in [-0.3, -0.25) is 9.59 Å². The first-order valence-electron chi connectivity index (χ1n) is 7.67. The van der Waals surface area contributed by atoms with Crippen LogP contribution in [-0.4, -0.2) is 38.6 Å². The van der Waals surface area contributed by atoms with Gasteiger partial charge in [-0.15, -0.1) is 0 Å². The molecule has 0 unspecified atom stereocenters. The van der Waals surface area contributed by atoms with Gasteiger partial charge in [0, 0.05) is 38.9 Å². The van der Waals surface area contributed by atoms with Crippen molar-refractivity contribution in [3.8, 4) is 0 Å². The van der Waals surface area contributed by atoms with Crippen LogP contribution in [0.25, 0.3) is 0 Å². The highest BCUT2D eigenvalue weighted by Gasteiger charge is 2.35. The van der Waals surface area contributed by atoms with Gasteiger partial charge in [0.2, 0.25) is 11.8 Å². The predicted molar refractivity (Wildman–Crippen MR) is 85.9 cm³/mol. The van der Waals surface area contributed by atoms with Crippen molar-refractivity contribution in [3.05, 3.63) is 29.3 Å². The highest BCUT2D eigenvalue weighted by Crippen LogP contribution is 2.29. The first-order valence-corrected chi connectivity index (χ1v) is 7.67. The van der Waals surface area contributed by atoms with Crippen molar-refractivity contribution in [1.82, 2.24) is 5.32 Å². The Hall–Kier alpha value is -1.88. The second-order valence-electron chi connectivity index (χ2n) is 5.76. The summed E-state index contributed by atoms with van der Waals surface area (Å²) in [4.78, 5) is 26.1. The molecule has 1 aliphatic rings. The molecule has 1 atom stereocenters. The molecule has 120 valence electrons. The average molecular weight is 304 g/mol. The fourth-order valence-electron chi connectivity index (χ4n) is 2.72. The Balaban J connectivity index is 1.98. The standard InChI is InChI=1S/C17H24N2O3/c1-12-6-4-7-15(13(12)2)19-11-14(10-16(19)20)17(21)18-8-5-9-22-3/h4,6-7,14H,5,8-11H2,1-3H3,(H,18,21)/t14-/m1/s1. The maximum atomic E-state index is 12.3. The van der Waals surface area contributed by atoms with Crippen LogP contribution >= 0.6 is 0 Å². The average Bonchev–Trinajstić information content (AvgIpc) is 2.88. The molecule has 1 aliphatic heterocycles. The van der Waals surface area contributed by atoms with Gasteiger partial charge in [-0.25, -0.2) is 0 Å². The fourth-order valence-corrected chi connectivity index (χ4v) is 2.72. The molecule has 0 aliphatic carbocycles.